The van der Waals surface area contributed by atoms with Gasteiger partial charge < -0.3 is 16.2 Å². The number of carbonyl (C=O) groups is 2. The van der Waals surface area contributed by atoms with Gasteiger partial charge in [0.05, 0.1) is 5.92 Å². The summed E-state index contributed by atoms with van der Waals surface area (Å²) in [5.74, 6) is -1.27. The Hall–Kier alpha value is -1.10. The Kier molecular flexibility index (Phi) is 4.80. The first-order chi connectivity index (χ1) is 9.08. The van der Waals surface area contributed by atoms with E-state index in [2.05, 4.69) is 5.32 Å². The maximum atomic E-state index is 12.2. The molecule has 2 aliphatic rings. The van der Waals surface area contributed by atoms with Crippen molar-refractivity contribution in [1.29, 1.82) is 0 Å². The molecule has 0 spiro atoms. The van der Waals surface area contributed by atoms with Crippen molar-refractivity contribution in [3.05, 3.63) is 0 Å². The molecule has 0 saturated heterocycles. The summed E-state index contributed by atoms with van der Waals surface area (Å²) in [7, 11) is 0. The van der Waals surface area contributed by atoms with E-state index in [0.29, 0.717) is 12.8 Å². The standard InChI is InChI=1S/C14H24N2O3/c15-11-6-1-2-7-12(11)16-13(17)9-4-3-5-10(8-9)14(18)19/h9-12H,1-8,15H2,(H,16,17)(H,18,19). The van der Waals surface area contributed by atoms with Gasteiger partial charge in [-0.15, -0.1) is 0 Å². The minimum absolute atomic E-state index is 0.00769. The third kappa shape index (κ3) is 3.69. The second kappa shape index (κ2) is 6.37. The molecule has 4 N–H and O–H groups in total. The molecule has 2 aliphatic carbocycles. The predicted molar refractivity (Wildman–Crippen MR) is 71.5 cm³/mol. The van der Waals surface area contributed by atoms with Crippen LogP contribution in [0.3, 0.4) is 0 Å². The van der Waals surface area contributed by atoms with Crippen LogP contribution in [-0.2, 0) is 9.59 Å². The third-order valence-corrected chi connectivity index (χ3v) is 4.54. The Morgan fingerprint density at radius 2 is 1.68 bits per heavy atom. The number of carboxylic acids is 1. The highest BCUT2D eigenvalue weighted by atomic mass is 16.4. The largest absolute Gasteiger partial charge is 0.481 e. The number of hydrogen-bond donors (Lipinski definition) is 3. The monoisotopic (exact) mass is 268 g/mol. The van der Waals surface area contributed by atoms with E-state index in [1.54, 1.807) is 0 Å². The summed E-state index contributed by atoms with van der Waals surface area (Å²) in [6.45, 7) is 0. The number of carboxylic acid groups (broad SMARTS) is 1. The Bertz CT molecular complexity index is 346. The van der Waals surface area contributed by atoms with Crippen molar-refractivity contribution in [2.75, 3.05) is 0 Å². The van der Waals surface area contributed by atoms with Gasteiger partial charge in [-0.2, -0.15) is 0 Å². The van der Waals surface area contributed by atoms with Crippen molar-refractivity contribution in [3.8, 4) is 0 Å². The van der Waals surface area contributed by atoms with Crippen LogP contribution in [0, 0.1) is 11.8 Å². The van der Waals surface area contributed by atoms with Crippen molar-refractivity contribution in [2.24, 2.45) is 17.6 Å². The van der Waals surface area contributed by atoms with Crippen molar-refractivity contribution < 1.29 is 14.7 Å². The molecule has 2 fully saturated rings. The lowest BCUT2D eigenvalue weighted by Gasteiger charge is -2.32. The lowest BCUT2D eigenvalue weighted by molar-refractivity contribution is -0.144. The van der Waals surface area contributed by atoms with Crippen LogP contribution in [0.2, 0.25) is 0 Å². The summed E-state index contributed by atoms with van der Waals surface area (Å²) in [6, 6.07) is 0.128. The van der Waals surface area contributed by atoms with Crippen molar-refractivity contribution in [2.45, 2.75) is 63.5 Å². The number of nitrogens with two attached hydrogens (primary N) is 1. The molecule has 4 atom stereocenters. The van der Waals surface area contributed by atoms with Gasteiger partial charge in [-0.05, 0) is 32.1 Å². The number of aliphatic carboxylic acids is 1. The van der Waals surface area contributed by atoms with Crippen molar-refractivity contribution in [3.63, 3.8) is 0 Å². The van der Waals surface area contributed by atoms with E-state index in [4.69, 9.17) is 10.8 Å². The maximum Gasteiger partial charge on any atom is 0.306 e. The van der Waals surface area contributed by atoms with E-state index in [9.17, 15) is 9.59 Å². The Balaban J connectivity index is 1.86. The molecule has 0 aromatic rings. The maximum absolute atomic E-state index is 12.2. The zero-order valence-corrected chi connectivity index (χ0v) is 11.3. The van der Waals surface area contributed by atoms with Gasteiger partial charge in [-0.25, -0.2) is 0 Å². The first-order valence-corrected chi connectivity index (χ1v) is 7.36. The highest BCUT2D eigenvalue weighted by Gasteiger charge is 2.33. The van der Waals surface area contributed by atoms with E-state index in [1.165, 1.54) is 0 Å². The van der Waals surface area contributed by atoms with Gasteiger partial charge in [0, 0.05) is 18.0 Å². The topological polar surface area (TPSA) is 92.4 Å². The fourth-order valence-corrected chi connectivity index (χ4v) is 3.29. The zero-order valence-electron chi connectivity index (χ0n) is 11.3. The first-order valence-electron chi connectivity index (χ1n) is 7.36. The highest BCUT2D eigenvalue weighted by molar-refractivity contribution is 5.80. The molecule has 19 heavy (non-hydrogen) atoms. The summed E-state index contributed by atoms with van der Waals surface area (Å²) in [4.78, 5) is 23.2. The first kappa shape index (κ1) is 14.3. The molecular weight excluding hydrogens is 244 g/mol. The molecule has 0 radical (unpaired) electrons. The summed E-state index contributed by atoms with van der Waals surface area (Å²) >= 11 is 0. The number of nitrogens with one attached hydrogen (secondary N) is 1. The van der Waals surface area contributed by atoms with Crippen LogP contribution >= 0.6 is 0 Å². The number of rotatable bonds is 3. The van der Waals surface area contributed by atoms with E-state index in [-0.39, 0.29) is 29.8 Å². The molecular formula is C14H24N2O3. The molecule has 2 rings (SSSR count). The van der Waals surface area contributed by atoms with Gasteiger partial charge >= 0.3 is 5.97 Å². The fraction of sp³-hybridized carbons (Fsp3) is 0.857. The Labute approximate surface area is 113 Å². The van der Waals surface area contributed by atoms with E-state index >= 15 is 0 Å². The number of amides is 1. The van der Waals surface area contributed by atoms with Crippen LogP contribution in [0.1, 0.15) is 51.4 Å². The fourth-order valence-electron chi connectivity index (χ4n) is 3.29. The van der Waals surface area contributed by atoms with Gasteiger partial charge in [-0.3, -0.25) is 9.59 Å². The zero-order chi connectivity index (χ0) is 13.8. The van der Waals surface area contributed by atoms with E-state index < -0.39 is 5.97 Å². The quantitative estimate of drug-likeness (QED) is 0.718. The summed E-state index contributed by atoms with van der Waals surface area (Å²) < 4.78 is 0. The SMILES string of the molecule is NC1CCCCC1NC(=O)C1CCCC(C(=O)O)C1. The highest BCUT2D eigenvalue weighted by Crippen LogP contribution is 2.29. The van der Waals surface area contributed by atoms with Gasteiger partial charge in [0.25, 0.3) is 0 Å². The molecule has 0 heterocycles. The molecule has 5 nitrogen and oxygen atoms in total. The summed E-state index contributed by atoms with van der Waals surface area (Å²) in [5.41, 5.74) is 6.02. The number of hydrogen-bond acceptors (Lipinski definition) is 3. The summed E-state index contributed by atoms with van der Waals surface area (Å²) in [5, 5.41) is 12.1. The molecule has 0 aliphatic heterocycles. The average molecular weight is 268 g/mol. The second-order valence-electron chi connectivity index (χ2n) is 5.96. The van der Waals surface area contributed by atoms with Crippen molar-refractivity contribution >= 4 is 11.9 Å². The Morgan fingerprint density at radius 1 is 1.00 bits per heavy atom. The van der Waals surface area contributed by atoms with Gasteiger partial charge in [-0.1, -0.05) is 19.3 Å². The molecule has 0 aromatic carbocycles. The van der Waals surface area contributed by atoms with Crippen LogP contribution in [0.15, 0.2) is 0 Å². The minimum atomic E-state index is -0.771. The molecule has 4 unspecified atom stereocenters. The molecule has 5 heteroatoms. The van der Waals surface area contributed by atoms with Crippen LogP contribution in [-0.4, -0.2) is 29.1 Å². The van der Waals surface area contributed by atoms with E-state index in [0.717, 1.165) is 38.5 Å². The van der Waals surface area contributed by atoms with Crippen LogP contribution in [0.5, 0.6) is 0 Å². The van der Waals surface area contributed by atoms with Gasteiger partial charge in [0.1, 0.15) is 0 Å². The smallest absolute Gasteiger partial charge is 0.306 e. The third-order valence-electron chi connectivity index (χ3n) is 4.54. The van der Waals surface area contributed by atoms with Crippen LogP contribution in [0.25, 0.3) is 0 Å². The normalized spacial score (nSPS) is 35.6. The van der Waals surface area contributed by atoms with Crippen LogP contribution < -0.4 is 11.1 Å². The lowest BCUT2D eigenvalue weighted by atomic mass is 9.80. The molecule has 1 amide bonds. The molecule has 0 bridgehead atoms. The second-order valence-corrected chi connectivity index (χ2v) is 5.96. The van der Waals surface area contributed by atoms with Gasteiger partial charge in [0.2, 0.25) is 5.91 Å². The molecule has 108 valence electrons. The van der Waals surface area contributed by atoms with Crippen molar-refractivity contribution in [1.82, 2.24) is 5.32 Å². The predicted octanol–water partition coefficient (Wildman–Crippen LogP) is 1.26. The minimum Gasteiger partial charge on any atom is -0.481 e. The summed E-state index contributed by atoms with van der Waals surface area (Å²) in [6.07, 6.45) is 6.96. The molecule has 0 aromatic heterocycles. The lowest BCUT2D eigenvalue weighted by Crippen LogP contribution is -2.51. The van der Waals surface area contributed by atoms with Gasteiger partial charge in [0.15, 0.2) is 0 Å². The number of carbonyl (C=O) groups excluding carboxylic acids is 1. The molecule has 2 saturated carbocycles. The van der Waals surface area contributed by atoms with E-state index in [1.807, 2.05) is 0 Å². The Morgan fingerprint density at radius 3 is 2.37 bits per heavy atom. The van der Waals surface area contributed by atoms with Crippen LogP contribution in [0.4, 0.5) is 0 Å². The average Bonchev–Trinajstić information content (AvgIpc) is 2.41.